The first-order valence-corrected chi connectivity index (χ1v) is 8.82. The lowest BCUT2D eigenvalue weighted by molar-refractivity contribution is 0.0714. The third-order valence-corrected chi connectivity index (χ3v) is 4.90. The molecule has 2 aromatic heterocycles. The highest BCUT2D eigenvalue weighted by molar-refractivity contribution is 5.94. The zero-order chi connectivity index (χ0) is 18.3. The van der Waals surface area contributed by atoms with E-state index in [1.54, 1.807) is 17.1 Å². The normalized spacial score (nSPS) is 15.6. The summed E-state index contributed by atoms with van der Waals surface area (Å²) in [5, 5.41) is 5.51. The average molecular weight is 350 g/mol. The van der Waals surface area contributed by atoms with Crippen LogP contribution in [-0.4, -0.2) is 49.7 Å². The number of rotatable bonds is 2. The van der Waals surface area contributed by atoms with Crippen LogP contribution in [0.2, 0.25) is 0 Å². The minimum absolute atomic E-state index is 0.0256. The van der Waals surface area contributed by atoms with Crippen molar-refractivity contribution in [2.24, 2.45) is 12.8 Å². The fourth-order valence-corrected chi connectivity index (χ4v) is 3.43. The number of aromatic nitrogens is 4. The molecule has 0 bridgehead atoms. The minimum atomic E-state index is -0.0256. The van der Waals surface area contributed by atoms with Gasteiger partial charge < -0.3 is 10.6 Å². The van der Waals surface area contributed by atoms with E-state index in [1.807, 2.05) is 37.2 Å². The lowest BCUT2D eigenvalue weighted by Crippen LogP contribution is -2.42. The number of benzene rings is 1. The van der Waals surface area contributed by atoms with E-state index < -0.39 is 0 Å². The quantitative estimate of drug-likeness (QED) is 0.762. The van der Waals surface area contributed by atoms with Crippen LogP contribution in [0.15, 0.2) is 30.7 Å². The molecular weight excluding hydrogens is 328 g/mol. The molecule has 134 valence electrons. The first-order valence-electron chi connectivity index (χ1n) is 8.82. The molecule has 4 rings (SSSR count). The zero-order valence-electron chi connectivity index (χ0n) is 15.0. The molecule has 26 heavy (non-hydrogen) atoms. The molecular formula is C19H22N6O. The Morgan fingerprint density at radius 2 is 1.88 bits per heavy atom. The van der Waals surface area contributed by atoms with Crippen LogP contribution in [0.1, 0.15) is 28.8 Å². The van der Waals surface area contributed by atoms with Crippen LogP contribution >= 0.6 is 0 Å². The summed E-state index contributed by atoms with van der Waals surface area (Å²) in [5.41, 5.74) is 9.40. The Kier molecular flexibility index (Phi) is 4.16. The van der Waals surface area contributed by atoms with E-state index in [1.165, 1.54) is 0 Å². The Hall–Kier alpha value is -2.80. The van der Waals surface area contributed by atoms with Crippen molar-refractivity contribution in [3.8, 4) is 11.4 Å². The van der Waals surface area contributed by atoms with Gasteiger partial charge >= 0.3 is 0 Å². The fourth-order valence-electron chi connectivity index (χ4n) is 3.43. The fraction of sp³-hybridized carbons (Fsp3) is 0.368. The summed E-state index contributed by atoms with van der Waals surface area (Å²) >= 11 is 0. The van der Waals surface area contributed by atoms with Crippen molar-refractivity contribution in [3.05, 3.63) is 41.9 Å². The summed E-state index contributed by atoms with van der Waals surface area (Å²) in [4.78, 5) is 23.3. The van der Waals surface area contributed by atoms with E-state index >= 15 is 0 Å². The third-order valence-electron chi connectivity index (χ3n) is 4.90. The minimum Gasteiger partial charge on any atom is -0.338 e. The van der Waals surface area contributed by atoms with Gasteiger partial charge in [-0.1, -0.05) is 0 Å². The number of aryl methyl sites for hydroxylation is 2. The smallest absolute Gasteiger partial charge is 0.256 e. The van der Waals surface area contributed by atoms with Crippen LogP contribution in [0.5, 0.6) is 0 Å². The Bertz CT molecular complexity index is 954. The summed E-state index contributed by atoms with van der Waals surface area (Å²) in [7, 11) is 1.91. The average Bonchev–Trinajstić information content (AvgIpc) is 3.03. The molecule has 1 saturated heterocycles. The number of nitrogens with two attached hydrogens (primary N) is 1. The maximum absolute atomic E-state index is 12.6. The van der Waals surface area contributed by atoms with E-state index in [0.717, 1.165) is 34.9 Å². The molecule has 0 radical (unpaired) electrons. The molecule has 7 heteroatoms. The molecule has 3 aromatic rings. The predicted molar refractivity (Wildman–Crippen MR) is 99.6 cm³/mol. The van der Waals surface area contributed by atoms with Gasteiger partial charge in [-0.05, 0) is 37.5 Å². The highest BCUT2D eigenvalue weighted by atomic mass is 16.2. The highest BCUT2D eigenvalue weighted by Crippen LogP contribution is 2.24. The van der Waals surface area contributed by atoms with Gasteiger partial charge in [0, 0.05) is 55.7 Å². The number of carbonyl (C=O) groups is 1. The molecule has 3 heterocycles. The lowest BCUT2D eigenvalue weighted by Gasteiger charge is -2.30. The maximum atomic E-state index is 12.6. The Labute approximate surface area is 151 Å². The number of hydrogen-bond donors (Lipinski definition) is 1. The predicted octanol–water partition coefficient (Wildman–Crippen LogP) is 1.90. The maximum Gasteiger partial charge on any atom is 0.256 e. The van der Waals surface area contributed by atoms with E-state index in [-0.39, 0.29) is 11.9 Å². The third kappa shape index (κ3) is 3.06. The highest BCUT2D eigenvalue weighted by Gasteiger charge is 2.22. The SMILES string of the molecule is Cc1cc(-c2ncc(C(=O)N3CCC(N)CC3)cn2)cc2cn(C)nc12. The van der Waals surface area contributed by atoms with E-state index in [2.05, 4.69) is 15.1 Å². The number of hydrogen-bond acceptors (Lipinski definition) is 5. The van der Waals surface area contributed by atoms with Crippen molar-refractivity contribution in [1.82, 2.24) is 24.6 Å². The standard InChI is InChI=1S/C19H22N6O/c1-12-7-13(8-14-11-24(2)23-17(12)14)18-21-9-15(10-22-18)19(26)25-5-3-16(20)4-6-25/h7-11,16H,3-6,20H2,1-2H3. The van der Waals surface area contributed by atoms with Gasteiger partial charge in [0.15, 0.2) is 5.82 Å². The molecule has 0 atom stereocenters. The summed E-state index contributed by atoms with van der Waals surface area (Å²) in [6.07, 6.45) is 6.89. The molecule has 1 aliphatic heterocycles. The molecule has 1 amide bonds. The van der Waals surface area contributed by atoms with Crippen LogP contribution in [-0.2, 0) is 7.05 Å². The van der Waals surface area contributed by atoms with Gasteiger partial charge in [0.2, 0.25) is 0 Å². The Morgan fingerprint density at radius 3 is 2.58 bits per heavy atom. The van der Waals surface area contributed by atoms with Gasteiger partial charge in [-0.15, -0.1) is 0 Å². The Balaban J connectivity index is 1.59. The second kappa shape index (κ2) is 6.49. The number of likely N-dealkylation sites (tertiary alicyclic amines) is 1. The van der Waals surface area contributed by atoms with Crippen LogP contribution in [0.4, 0.5) is 0 Å². The summed E-state index contributed by atoms with van der Waals surface area (Å²) in [5.74, 6) is 0.582. The van der Waals surface area contributed by atoms with Crippen molar-refractivity contribution in [1.29, 1.82) is 0 Å². The van der Waals surface area contributed by atoms with Gasteiger partial charge in [0.1, 0.15) is 0 Å². The van der Waals surface area contributed by atoms with Crippen molar-refractivity contribution in [3.63, 3.8) is 0 Å². The second-order valence-corrected chi connectivity index (χ2v) is 6.96. The summed E-state index contributed by atoms with van der Waals surface area (Å²) < 4.78 is 1.80. The second-order valence-electron chi connectivity index (χ2n) is 6.96. The molecule has 2 N–H and O–H groups in total. The number of piperidine rings is 1. The summed E-state index contributed by atoms with van der Waals surface area (Å²) in [6, 6.07) is 4.25. The Morgan fingerprint density at radius 1 is 1.19 bits per heavy atom. The van der Waals surface area contributed by atoms with E-state index in [4.69, 9.17) is 5.73 Å². The lowest BCUT2D eigenvalue weighted by atomic mass is 10.1. The molecule has 1 aromatic carbocycles. The molecule has 0 saturated carbocycles. The van der Waals surface area contributed by atoms with Crippen LogP contribution < -0.4 is 5.73 Å². The molecule has 1 aliphatic rings. The van der Waals surface area contributed by atoms with Crippen molar-refractivity contribution in [2.75, 3.05) is 13.1 Å². The van der Waals surface area contributed by atoms with Gasteiger partial charge in [-0.3, -0.25) is 9.48 Å². The van der Waals surface area contributed by atoms with Crippen molar-refractivity contribution < 1.29 is 4.79 Å². The summed E-state index contributed by atoms with van der Waals surface area (Å²) in [6.45, 7) is 3.41. The largest absolute Gasteiger partial charge is 0.338 e. The van der Waals surface area contributed by atoms with E-state index in [9.17, 15) is 4.79 Å². The van der Waals surface area contributed by atoms with Crippen LogP contribution in [0.3, 0.4) is 0 Å². The van der Waals surface area contributed by atoms with Gasteiger partial charge in [-0.25, -0.2) is 9.97 Å². The molecule has 1 fully saturated rings. The van der Waals surface area contributed by atoms with Crippen LogP contribution in [0.25, 0.3) is 22.3 Å². The molecule has 0 spiro atoms. The molecule has 7 nitrogen and oxygen atoms in total. The number of carbonyl (C=O) groups excluding carboxylic acids is 1. The van der Waals surface area contributed by atoms with Crippen molar-refractivity contribution in [2.45, 2.75) is 25.8 Å². The van der Waals surface area contributed by atoms with Crippen molar-refractivity contribution >= 4 is 16.8 Å². The monoisotopic (exact) mass is 350 g/mol. The van der Waals surface area contributed by atoms with E-state index in [0.29, 0.717) is 24.5 Å². The van der Waals surface area contributed by atoms with Gasteiger partial charge in [0.05, 0.1) is 11.1 Å². The molecule has 0 unspecified atom stereocenters. The zero-order valence-corrected chi connectivity index (χ0v) is 15.0. The topological polar surface area (TPSA) is 89.9 Å². The molecule has 0 aliphatic carbocycles. The number of nitrogens with zero attached hydrogens (tertiary/aromatic N) is 5. The first kappa shape index (κ1) is 16.7. The van der Waals surface area contributed by atoms with Crippen LogP contribution in [0, 0.1) is 6.92 Å². The van der Waals surface area contributed by atoms with Gasteiger partial charge in [0.25, 0.3) is 5.91 Å². The van der Waals surface area contributed by atoms with Gasteiger partial charge in [-0.2, -0.15) is 5.10 Å². The number of amides is 1. The first-order chi connectivity index (χ1) is 12.5. The number of fused-ring (bicyclic) bond motifs is 1.